The molecule has 2 aliphatic carbocycles. The molecule has 0 aliphatic heterocycles. The van der Waals surface area contributed by atoms with Gasteiger partial charge in [0.15, 0.2) is 5.90 Å². The first-order valence-electron chi connectivity index (χ1n) is 27.6. The molecule has 0 bridgehead atoms. The zero-order chi connectivity index (χ0) is 54.9. The van der Waals surface area contributed by atoms with Gasteiger partial charge in [-0.15, -0.1) is 35.4 Å². The van der Waals surface area contributed by atoms with E-state index < -0.39 is 15.8 Å². The molecule has 12 aromatic rings. The van der Waals surface area contributed by atoms with Crippen LogP contribution < -0.4 is 21.2 Å². The van der Waals surface area contributed by atoms with E-state index in [0.29, 0.717) is 0 Å². The summed E-state index contributed by atoms with van der Waals surface area (Å²) in [5, 5.41) is 6.01. The van der Waals surface area contributed by atoms with Gasteiger partial charge >= 0.3 is 44.8 Å². The first-order valence-corrected chi connectivity index (χ1v) is 31.0. The zero-order valence-corrected chi connectivity index (χ0v) is 50.5. The summed E-state index contributed by atoms with van der Waals surface area (Å²) in [6, 6.07) is 117. The van der Waals surface area contributed by atoms with Gasteiger partial charge in [0.2, 0.25) is 0 Å². The molecule has 0 fully saturated rings. The van der Waals surface area contributed by atoms with Gasteiger partial charge in [0.25, 0.3) is 0 Å². The maximum atomic E-state index is 7.66. The van der Waals surface area contributed by atoms with Gasteiger partial charge in [-0.25, -0.2) is 0 Å². The molecule has 0 nitrogen and oxygen atoms in total. The molecular weight excluding hydrogens is 1230 g/mol. The van der Waals surface area contributed by atoms with Crippen LogP contribution in [0.4, 0.5) is 0 Å². The number of benzene rings is 12. The van der Waals surface area contributed by atoms with Crippen molar-refractivity contribution in [2.75, 3.05) is 5.90 Å². The molecular formula is C79H58Ag2P2+2. The molecule has 404 valence electrons. The summed E-state index contributed by atoms with van der Waals surface area (Å²) in [7, 11) is -1.69. The topological polar surface area (TPSA) is 0 Å². The number of fused-ring (bicyclic) bond motifs is 6. The summed E-state index contributed by atoms with van der Waals surface area (Å²) in [6.07, 6.45) is 15.3. The summed E-state index contributed by atoms with van der Waals surface area (Å²) < 4.78 is 0. The molecule has 0 aromatic heterocycles. The summed E-state index contributed by atoms with van der Waals surface area (Å²) in [6.45, 7) is 0. The van der Waals surface area contributed by atoms with Crippen molar-refractivity contribution in [1.82, 2.24) is 0 Å². The average Bonchev–Trinajstić information content (AvgIpc) is 1.84. The van der Waals surface area contributed by atoms with Gasteiger partial charge in [0, 0.05) is 0 Å². The fourth-order valence-corrected chi connectivity index (χ4v) is 20.2. The largest absolute Gasteiger partial charge is 1.00 e. The summed E-state index contributed by atoms with van der Waals surface area (Å²) >= 11 is 0. The predicted molar refractivity (Wildman–Crippen MR) is 346 cm³/mol. The first-order chi connectivity index (χ1) is 40.1. The molecule has 0 atom stereocenters. The van der Waals surface area contributed by atoms with Crippen LogP contribution in [0.5, 0.6) is 0 Å². The van der Waals surface area contributed by atoms with Crippen LogP contribution in [-0.4, -0.2) is 5.90 Å². The molecule has 0 heterocycles. The SMILES string of the molecule is [Ag+].[Ag+].[C-]#Cc1ccc2c(c1)C(c1ccccc1)(c1ccccc1)c1ccccc1-2.[C-]#Cc1ccc2c(c1)C(c1ccccc1)(c1ccccc1)c1ccccc1-2.c1ccc([PH+](C[PH+](c2ccccc2)c2ccccc2)c2ccccc2)cc1. The molecule has 4 heteroatoms. The Morgan fingerprint density at radius 1 is 0.253 bits per heavy atom. The van der Waals surface area contributed by atoms with E-state index in [2.05, 4.69) is 327 Å². The second-order valence-electron chi connectivity index (χ2n) is 20.4. The van der Waals surface area contributed by atoms with Crippen molar-refractivity contribution in [3.8, 4) is 34.1 Å². The minimum Gasteiger partial charge on any atom is -0.366 e. The Bertz CT molecular complexity index is 3710. The predicted octanol–water partition coefficient (Wildman–Crippen LogP) is 16.6. The molecule has 14 rings (SSSR count). The number of rotatable bonds is 10. The average molecular weight is 1290 g/mol. The standard InChI is InChI=1S/2C27H17.C25H22P2.2Ag/c2*1-2-20-17-18-24-23-15-9-10-16-25(23)27(26(24)19-20,21-11-5-3-6-12-21)22-13-7-4-8-14-22;1-5-13-22(14-6-1)26(23-15-7-2-8-16-23)21-27(24-17-9-3-10-18-24)25-19-11-4-12-20-25;;/h2*3-19H;1-20H,21H2;;/q2*-1;;2*+1/p+2. The quantitative estimate of drug-likeness (QED) is 0.0554. The Morgan fingerprint density at radius 3 is 0.747 bits per heavy atom. The fourth-order valence-electron chi connectivity index (χ4n) is 12.5. The van der Waals surface area contributed by atoms with Crippen LogP contribution in [0.15, 0.2) is 328 Å². The van der Waals surface area contributed by atoms with E-state index in [-0.39, 0.29) is 55.6 Å². The normalized spacial score (nSPS) is 12.3. The van der Waals surface area contributed by atoms with Gasteiger partial charge in [-0.3, -0.25) is 11.8 Å². The van der Waals surface area contributed by atoms with Crippen molar-refractivity contribution in [1.29, 1.82) is 0 Å². The Morgan fingerprint density at radius 2 is 0.482 bits per heavy atom. The van der Waals surface area contributed by atoms with Gasteiger partial charge in [0.1, 0.15) is 37.1 Å². The van der Waals surface area contributed by atoms with E-state index in [1.165, 1.54) is 93.9 Å². The second-order valence-corrected chi connectivity index (χ2v) is 26.1. The van der Waals surface area contributed by atoms with Crippen molar-refractivity contribution < 1.29 is 44.8 Å². The maximum Gasteiger partial charge on any atom is 1.00 e. The van der Waals surface area contributed by atoms with Crippen LogP contribution in [0, 0.1) is 24.7 Å². The molecule has 0 spiro atoms. The van der Waals surface area contributed by atoms with Gasteiger partial charge in [-0.2, -0.15) is 0 Å². The van der Waals surface area contributed by atoms with Crippen molar-refractivity contribution >= 4 is 37.1 Å². The van der Waals surface area contributed by atoms with Crippen LogP contribution in [0.3, 0.4) is 0 Å². The van der Waals surface area contributed by atoms with E-state index in [4.69, 9.17) is 12.8 Å². The molecule has 0 radical (unpaired) electrons. The Balaban J connectivity index is 0.000000137. The molecule has 2 aliphatic rings. The Labute approximate surface area is 524 Å². The van der Waals surface area contributed by atoms with Gasteiger partial charge in [-0.1, -0.05) is 255 Å². The van der Waals surface area contributed by atoms with Crippen molar-refractivity contribution in [3.05, 3.63) is 396 Å². The fraction of sp³-hybridized carbons (Fsp3) is 0.0380. The number of hydrogen-bond donors (Lipinski definition) is 0. The smallest absolute Gasteiger partial charge is 0.366 e. The summed E-state index contributed by atoms with van der Waals surface area (Å²) in [5.74, 6) is 6.40. The molecule has 12 aromatic carbocycles. The molecule has 0 saturated carbocycles. The number of hydrogen-bond acceptors (Lipinski definition) is 0. The van der Waals surface area contributed by atoms with Crippen molar-refractivity contribution in [2.45, 2.75) is 10.8 Å². The van der Waals surface area contributed by atoms with Gasteiger partial charge < -0.3 is 12.8 Å². The van der Waals surface area contributed by atoms with E-state index in [9.17, 15) is 0 Å². The van der Waals surface area contributed by atoms with E-state index in [1.807, 2.05) is 12.1 Å². The van der Waals surface area contributed by atoms with E-state index in [0.717, 1.165) is 11.1 Å². The van der Waals surface area contributed by atoms with Crippen LogP contribution in [0.1, 0.15) is 55.6 Å². The maximum absolute atomic E-state index is 7.66. The summed E-state index contributed by atoms with van der Waals surface area (Å²) in [4.78, 5) is 0. The summed E-state index contributed by atoms with van der Waals surface area (Å²) in [5.41, 5.74) is 15.8. The van der Waals surface area contributed by atoms with E-state index in [1.54, 1.807) is 0 Å². The van der Waals surface area contributed by atoms with Crippen molar-refractivity contribution in [2.24, 2.45) is 0 Å². The Hall–Kier alpha value is -7.90. The Kier molecular flexibility index (Phi) is 19.0. The third-order valence-corrected chi connectivity index (χ3v) is 23.0. The second kappa shape index (κ2) is 27.0. The molecule has 0 amide bonds. The van der Waals surface area contributed by atoms with E-state index >= 15 is 0 Å². The monoisotopic (exact) mass is 1280 g/mol. The molecule has 0 N–H and O–H groups in total. The van der Waals surface area contributed by atoms with Gasteiger partial charge in [-0.05, 0) is 115 Å². The van der Waals surface area contributed by atoms with Crippen LogP contribution in [-0.2, 0) is 55.6 Å². The van der Waals surface area contributed by atoms with Gasteiger partial charge in [0.05, 0.1) is 10.8 Å². The molecule has 0 saturated heterocycles. The minimum absolute atomic E-state index is 0. The van der Waals surface area contributed by atoms with Crippen molar-refractivity contribution in [3.63, 3.8) is 0 Å². The third-order valence-electron chi connectivity index (χ3n) is 16.0. The first kappa shape index (κ1) is 58.3. The molecule has 0 unspecified atom stereocenters. The van der Waals surface area contributed by atoms with Crippen LogP contribution >= 0.6 is 15.8 Å². The van der Waals surface area contributed by atoms with Crippen LogP contribution in [0.2, 0.25) is 0 Å². The van der Waals surface area contributed by atoms with Crippen LogP contribution in [0.25, 0.3) is 22.3 Å². The molecule has 83 heavy (non-hydrogen) atoms. The third kappa shape index (κ3) is 11.4. The zero-order valence-electron chi connectivity index (χ0n) is 45.5. The minimum atomic E-state index is -0.847.